The number of hydrogen-bond donors (Lipinski definition) is 3. The Labute approximate surface area is 233 Å². The van der Waals surface area contributed by atoms with Crippen LogP contribution in [0.1, 0.15) is 18.4 Å². The van der Waals surface area contributed by atoms with Crippen LogP contribution in [0.3, 0.4) is 0 Å². The summed E-state index contributed by atoms with van der Waals surface area (Å²) in [7, 11) is -3.92. The molecule has 1 heterocycles. The Hall–Kier alpha value is -4.46. The van der Waals surface area contributed by atoms with Gasteiger partial charge in [0.2, 0.25) is 5.91 Å². The number of fused-ring (bicyclic) bond motifs is 2. The van der Waals surface area contributed by atoms with Crippen LogP contribution in [0.5, 0.6) is 0 Å². The van der Waals surface area contributed by atoms with Crippen molar-refractivity contribution in [1.82, 2.24) is 5.32 Å². The first-order valence-electron chi connectivity index (χ1n) is 13.3. The Morgan fingerprint density at radius 3 is 2.00 bits per heavy atom. The molecule has 0 aromatic heterocycles. The Morgan fingerprint density at radius 1 is 0.800 bits per heavy atom. The predicted molar refractivity (Wildman–Crippen MR) is 164 cm³/mol. The van der Waals surface area contributed by atoms with Crippen LogP contribution in [0.15, 0.2) is 109 Å². The van der Waals surface area contributed by atoms with Crippen LogP contribution in [0, 0.1) is 0 Å². The van der Waals surface area contributed by atoms with E-state index in [-0.39, 0.29) is 16.8 Å². The summed E-state index contributed by atoms with van der Waals surface area (Å²) in [5, 5.41) is 10.1. The number of carbonyl (C=O) groups excluding carboxylic acids is 1. The Bertz CT molecular complexity index is 1860. The molecule has 5 aromatic rings. The van der Waals surface area contributed by atoms with E-state index in [1.807, 2.05) is 66.7 Å². The van der Waals surface area contributed by atoms with E-state index >= 15 is 0 Å². The number of carbonyl (C=O) groups is 1. The van der Waals surface area contributed by atoms with E-state index in [4.69, 9.17) is 0 Å². The third kappa shape index (κ3) is 4.85. The summed E-state index contributed by atoms with van der Waals surface area (Å²) in [6.07, 6.45) is 3.40. The summed E-state index contributed by atoms with van der Waals surface area (Å²) in [5.41, 5.74) is 3.36. The lowest BCUT2D eigenvalue weighted by atomic mass is 9.91. The van der Waals surface area contributed by atoms with Gasteiger partial charge in [-0.15, -0.1) is 0 Å². The first-order chi connectivity index (χ1) is 19.4. The maximum absolute atomic E-state index is 13.6. The lowest BCUT2D eigenvalue weighted by Crippen LogP contribution is -2.35. The molecule has 6 nitrogen and oxygen atoms in total. The monoisotopic (exact) mass is 547 g/mol. The zero-order chi connectivity index (χ0) is 27.7. The van der Waals surface area contributed by atoms with E-state index in [1.165, 1.54) is 0 Å². The summed E-state index contributed by atoms with van der Waals surface area (Å²) in [6.45, 7) is 4.56. The molecule has 1 aliphatic rings. The van der Waals surface area contributed by atoms with Crippen LogP contribution < -0.4 is 15.4 Å². The summed E-state index contributed by atoms with van der Waals surface area (Å²) >= 11 is 0. The number of rotatable bonds is 7. The first-order valence-corrected chi connectivity index (χ1v) is 14.8. The second kappa shape index (κ2) is 10.6. The van der Waals surface area contributed by atoms with Gasteiger partial charge in [0.25, 0.3) is 10.0 Å². The molecule has 0 spiro atoms. The van der Waals surface area contributed by atoms with Crippen molar-refractivity contribution >= 4 is 54.9 Å². The van der Waals surface area contributed by atoms with Crippen molar-refractivity contribution in [3.63, 3.8) is 0 Å². The number of hydrogen-bond acceptors (Lipinski definition) is 4. The molecular formula is C33H29N3O3S. The number of amides is 1. The molecule has 40 heavy (non-hydrogen) atoms. The fraction of sp³-hybridized carbons (Fsp3) is 0.121. The van der Waals surface area contributed by atoms with E-state index in [0.717, 1.165) is 52.1 Å². The largest absolute Gasteiger partial charge is 0.324 e. The molecule has 0 saturated carbocycles. The molecule has 1 amide bonds. The normalized spacial score (nSPS) is 15.2. The van der Waals surface area contributed by atoms with Gasteiger partial charge < -0.3 is 10.6 Å². The number of benzene rings is 5. The fourth-order valence-electron chi connectivity index (χ4n) is 5.39. The van der Waals surface area contributed by atoms with Gasteiger partial charge in [0.15, 0.2) is 0 Å². The summed E-state index contributed by atoms with van der Waals surface area (Å²) < 4.78 is 30.1. The van der Waals surface area contributed by atoms with Gasteiger partial charge in [0.1, 0.15) is 0 Å². The molecule has 0 aliphatic carbocycles. The van der Waals surface area contributed by atoms with Gasteiger partial charge in [0, 0.05) is 16.8 Å². The van der Waals surface area contributed by atoms with Crippen LogP contribution in [0.25, 0.3) is 38.7 Å². The zero-order valence-electron chi connectivity index (χ0n) is 21.9. The van der Waals surface area contributed by atoms with E-state index in [9.17, 15) is 13.2 Å². The average Bonchev–Trinajstić information content (AvgIpc) is 3.53. The summed E-state index contributed by atoms with van der Waals surface area (Å²) in [5.74, 6) is -0.0984. The molecule has 3 N–H and O–H groups in total. The Morgan fingerprint density at radius 2 is 1.40 bits per heavy atom. The molecule has 200 valence electrons. The summed E-state index contributed by atoms with van der Waals surface area (Å²) in [4.78, 5) is 13.4. The van der Waals surface area contributed by atoms with Gasteiger partial charge in [0.05, 0.1) is 16.6 Å². The molecule has 1 saturated heterocycles. The van der Waals surface area contributed by atoms with Gasteiger partial charge in [-0.1, -0.05) is 85.5 Å². The lowest BCUT2D eigenvalue weighted by molar-refractivity contribution is -0.117. The molecule has 0 radical (unpaired) electrons. The van der Waals surface area contributed by atoms with Crippen molar-refractivity contribution < 1.29 is 13.2 Å². The predicted octanol–water partition coefficient (Wildman–Crippen LogP) is 6.79. The van der Waals surface area contributed by atoms with E-state index in [2.05, 4.69) is 21.9 Å². The highest BCUT2D eigenvalue weighted by Gasteiger charge is 2.25. The molecule has 1 aliphatic heterocycles. The average molecular weight is 548 g/mol. The van der Waals surface area contributed by atoms with Crippen LogP contribution in [-0.4, -0.2) is 26.9 Å². The molecule has 1 fully saturated rings. The van der Waals surface area contributed by atoms with Crippen LogP contribution in [0.2, 0.25) is 0 Å². The molecule has 0 bridgehead atoms. The van der Waals surface area contributed by atoms with Crippen molar-refractivity contribution in [3.8, 4) is 11.1 Å². The van der Waals surface area contributed by atoms with Gasteiger partial charge in [-0.2, -0.15) is 0 Å². The van der Waals surface area contributed by atoms with Crippen LogP contribution >= 0.6 is 0 Å². The maximum atomic E-state index is 13.6. The second-order valence-electron chi connectivity index (χ2n) is 9.94. The molecule has 1 atom stereocenters. The second-order valence-corrected chi connectivity index (χ2v) is 11.6. The smallest absolute Gasteiger partial charge is 0.261 e. The van der Waals surface area contributed by atoms with Crippen LogP contribution in [-0.2, 0) is 14.8 Å². The van der Waals surface area contributed by atoms with E-state index in [1.54, 1.807) is 36.4 Å². The minimum absolute atomic E-state index is 0.0984. The third-order valence-corrected chi connectivity index (χ3v) is 8.79. The van der Waals surface area contributed by atoms with Crippen molar-refractivity contribution in [2.45, 2.75) is 23.8 Å². The van der Waals surface area contributed by atoms with Gasteiger partial charge in [-0.3, -0.25) is 9.52 Å². The molecule has 0 unspecified atom stereocenters. The third-order valence-electron chi connectivity index (χ3n) is 7.41. The number of nitrogens with one attached hydrogen (secondary N) is 3. The Balaban J connectivity index is 1.56. The van der Waals surface area contributed by atoms with E-state index in [0.29, 0.717) is 16.9 Å². The Kier molecular flexibility index (Phi) is 6.84. The van der Waals surface area contributed by atoms with Gasteiger partial charge >= 0.3 is 0 Å². The van der Waals surface area contributed by atoms with Gasteiger partial charge in [-0.05, 0) is 70.8 Å². The summed E-state index contributed by atoms with van der Waals surface area (Å²) in [6, 6.07) is 29.7. The maximum Gasteiger partial charge on any atom is 0.261 e. The standard InChI is InChI=1S/C33H29N3O3S/c1-2-22-13-17-25(18-14-22)40(38,39)36-29-20-16-24-9-4-6-11-27(24)32(29)31-26-10-5-3-8-23(26)15-19-28(31)35-33(37)30-12-7-21-34-30/h2-6,8-11,13-20,30,34,36H,1,7,12,21H2,(H,35,37)/t30-/m1/s1. The quantitative estimate of drug-likeness (QED) is 0.209. The van der Waals surface area contributed by atoms with Gasteiger partial charge in [-0.25, -0.2) is 8.42 Å². The molecular weight excluding hydrogens is 518 g/mol. The topological polar surface area (TPSA) is 87.3 Å². The SMILES string of the molecule is C=Cc1ccc(S(=O)(=O)Nc2ccc3ccccc3c2-c2c(NC(=O)[C@H]3CCCN3)ccc3ccccc23)cc1. The first kappa shape index (κ1) is 25.8. The highest BCUT2D eigenvalue weighted by molar-refractivity contribution is 7.92. The fourth-order valence-corrected chi connectivity index (χ4v) is 6.46. The van der Waals surface area contributed by atoms with Crippen molar-refractivity contribution in [2.24, 2.45) is 0 Å². The number of sulfonamides is 1. The van der Waals surface area contributed by atoms with Crippen molar-refractivity contribution in [2.75, 3.05) is 16.6 Å². The minimum atomic E-state index is -3.92. The van der Waals surface area contributed by atoms with Crippen LogP contribution in [0.4, 0.5) is 11.4 Å². The highest BCUT2D eigenvalue weighted by Crippen LogP contribution is 2.44. The lowest BCUT2D eigenvalue weighted by Gasteiger charge is -2.21. The molecule has 6 rings (SSSR count). The number of anilines is 2. The molecule has 7 heteroatoms. The van der Waals surface area contributed by atoms with Crippen molar-refractivity contribution in [3.05, 3.63) is 109 Å². The minimum Gasteiger partial charge on any atom is -0.324 e. The highest BCUT2D eigenvalue weighted by atomic mass is 32.2. The molecule has 5 aromatic carbocycles. The van der Waals surface area contributed by atoms with Crippen molar-refractivity contribution in [1.29, 1.82) is 0 Å². The van der Waals surface area contributed by atoms with E-state index < -0.39 is 10.0 Å². The zero-order valence-corrected chi connectivity index (χ0v) is 22.7.